The maximum Gasteiger partial charge on any atom is 0.337 e. The van der Waals surface area contributed by atoms with Crippen molar-refractivity contribution in [3.8, 4) is 17.1 Å². The Morgan fingerprint density at radius 3 is 2.67 bits per heavy atom. The summed E-state index contributed by atoms with van der Waals surface area (Å²) in [6.07, 6.45) is 1.75. The first-order valence-electron chi connectivity index (χ1n) is 11.1. The van der Waals surface area contributed by atoms with Crippen LogP contribution in [0.5, 0.6) is 5.75 Å². The van der Waals surface area contributed by atoms with Gasteiger partial charge < -0.3 is 24.1 Å². The minimum absolute atomic E-state index is 0.278. The molecule has 182 valence electrons. The molecule has 3 heterocycles. The van der Waals surface area contributed by atoms with Crippen LogP contribution < -0.4 is 15.0 Å². The third kappa shape index (κ3) is 4.41. The van der Waals surface area contributed by atoms with E-state index in [4.69, 9.17) is 37.7 Å². The Bertz CT molecular complexity index is 1430. The summed E-state index contributed by atoms with van der Waals surface area (Å²) in [6.45, 7) is 0. The number of rotatable bonds is 6. The average molecular weight is 520 g/mol. The van der Waals surface area contributed by atoms with Gasteiger partial charge in [0.05, 0.1) is 36.5 Å². The van der Waals surface area contributed by atoms with Crippen LogP contribution in [-0.4, -0.2) is 30.3 Å². The number of nitrogens with one attached hydrogen (secondary N) is 1. The minimum Gasteiger partial charge on any atom is -0.495 e. The number of esters is 1. The molecule has 0 bridgehead atoms. The van der Waals surface area contributed by atoms with Gasteiger partial charge in [-0.25, -0.2) is 4.79 Å². The Kier molecular flexibility index (Phi) is 6.63. The number of nitrogens with zero attached hydrogens (tertiary/aromatic N) is 2. The van der Waals surface area contributed by atoms with Gasteiger partial charge in [-0.05, 0) is 66.8 Å². The lowest BCUT2D eigenvalue weighted by Gasteiger charge is -2.26. The van der Waals surface area contributed by atoms with Gasteiger partial charge in [-0.2, -0.15) is 0 Å². The van der Waals surface area contributed by atoms with Crippen molar-refractivity contribution in [3.63, 3.8) is 0 Å². The fourth-order valence-corrected chi connectivity index (χ4v) is 4.91. The van der Waals surface area contributed by atoms with Gasteiger partial charge in [-0.15, -0.1) is 0 Å². The second kappa shape index (κ2) is 10.0. The molecule has 0 radical (unpaired) electrons. The van der Waals surface area contributed by atoms with Crippen LogP contribution in [0.1, 0.15) is 33.9 Å². The van der Waals surface area contributed by atoms with Crippen molar-refractivity contribution in [1.82, 2.24) is 10.3 Å². The molecule has 1 saturated heterocycles. The number of ether oxygens (including phenoxy) is 2. The van der Waals surface area contributed by atoms with E-state index < -0.39 is 5.97 Å². The van der Waals surface area contributed by atoms with Crippen molar-refractivity contribution in [3.05, 3.63) is 101 Å². The van der Waals surface area contributed by atoms with E-state index in [-0.39, 0.29) is 12.1 Å². The molecule has 0 spiro atoms. The number of benzene rings is 2. The zero-order chi connectivity index (χ0) is 25.2. The van der Waals surface area contributed by atoms with Crippen LogP contribution >= 0.6 is 23.8 Å². The first-order valence-corrected chi connectivity index (χ1v) is 11.9. The number of hydrogen-bond donors (Lipinski definition) is 1. The van der Waals surface area contributed by atoms with Gasteiger partial charge in [0.15, 0.2) is 5.11 Å². The van der Waals surface area contributed by atoms with E-state index in [1.165, 1.54) is 7.11 Å². The third-order valence-corrected chi connectivity index (χ3v) is 6.61. The highest BCUT2D eigenvalue weighted by molar-refractivity contribution is 7.80. The summed E-state index contributed by atoms with van der Waals surface area (Å²) in [5, 5.41) is 4.38. The number of furan rings is 1. The molecule has 5 rings (SSSR count). The van der Waals surface area contributed by atoms with E-state index in [0.717, 1.165) is 16.9 Å². The van der Waals surface area contributed by atoms with Crippen molar-refractivity contribution in [2.75, 3.05) is 19.1 Å². The number of pyridine rings is 1. The molecule has 1 N–H and O–H groups in total. The standard InChI is InChI=1S/C27H22ClN3O4S/c1-33-22-10-9-18(15-19(22)28)31-25(24(30-27(31)36)20-8-3-4-13-29-20)23-12-11-21(35-23)16-6-5-7-17(14-16)26(32)34-2/h3-15,24-25H,1-2H3,(H,30,36)/t24-,25+/m0/s1. The fraction of sp³-hybridized carbons (Fsp3) is 0.148. The van der Waals surface area contributed by atoms with Crippen LogP contribution in [0.15, 0.2) is 83.4 Å². The second-order valence-corrected chi connectivity index (χ2v) is 8.88. The Morgan fingerprint density at radius 1 is 1.08 bits per heavy atom. The number of halogens is 1. The van der Waals surface area contributed by atoms with Crippen LogP contribution in [0.3, 0.4) is 0 Å². The quantitative estimate of drug-likeness (QED) is 0.247. The van der Waals surface area contributed by atoms with E-state index in [0.29, 0.717) is 33.0 Å². The van der Waals surface area contributed by atoms with Crippen molar-refractivity contribution in [2.45, 2.75) is 12.1 Å². The lowest BCUT2D eigenvalue weighted by molar-refractivity contribution is 0.0601. The molecule has 2 atom stereocenters. The zero-order valence-electron chi connectivity index (χ0n) is 19.5. The molecule has 0 unspecified atom stereocenters. The highest BCUT2D eigenvalue weighted by Crippen LogP contribution is 2.44. The van der Waals surface area contributed by atoms with Crippen LogP contribution in [0.4, 0.5) is 5.69 Å². The molecule has 2 aromatic carbocycles. The second-order valence-electron chi connectivity index (χ2n) is 8.09. The van der Waals surface area contributed by atoms with Crippen LogP contribution in [0.25, 0.3) is 11.3 Å². The topological polar surface area (TPSA) is 76.8 Å². The molecule has 36 heavy (non-hydrogen) atoms. The number of anilines is 1. The minimum atomic E-state index is -0.410. The van der Waals surface area contributed by atoms with Crippen molar-refractivity contribution in [1.29, 1.82) is 0 Å². The predicted molar refractivity (Wildman–Crippen MR) is 141 cm³/mol. The summed E-state index contributed by atoms with van der Waals surface area (Å²) < 4.78 is 16.5. The molecule has 1 aliphatic heterocycles. The van der Waals surface area contributed by atoms with Crippen molar-refractivity contribution in [2.24, 2.45) is 0 Å². The lowest BCUT2D eigenvalue weighted by atomic mass is 10.0. The van der Waals surface area contributed by atoms with Gasteiger partial charge in [0.1, 0.15) is 23.3 Å². The Balaban J connectivity index is 1.58. The molecule has 4 aromatic rings. The highest BCUT2D eigenvalue weighted by Gasteiger charge is 2.42. The van der Waals surface area contributed by atoms with Crippen LogP contribution in [-0.2, 0) is 4.74 Å². The monoisotopic (exact) mass is 519 g/mol. The Hall–Kier alpha value is -3.88. The Morgan fingerprint density at radius 2 is 1.94 bits per heavy atom. The van der Waals surface area contributed by atoms with Crippen molar-refractivity contribution < 1.29 is 18.7 Å². The Labute approximate surface area is 218 Å². The van der Waals surface area contributed by atoms with Gasteiger partial charge in [-0.1, -0.05) is 29.8 Å². The number of aromatic nitrogens is 1. The molecule has 1 aliphatic rings. The SMILES string of the molecule is COC(=O)c1cccc(-c2ccc([C@@H]3[C@H](c4ccccn4)NC(=S)N3c3ccc(OC)c(Cl)c3)o2)c1. The fourth-order valence-electron chi connectivity index (χ4n) is 4.31. The highest BCUT2D eigenvalue weighted by atomic mass is 35.5. The molecule has 0 amide bonds. The number of carbonyl (C=O) groups excluding carboxylic acids is 1. The maximum atomic E-state index is 12.0. The van der Waals surface area contributed by atoms with E-state index >= 15 is 0 Å². The van der Waals surface area contributed by atoms with E-state index in [2.05, 4.69) is 10.3 Å². The first kappa shape index (κ1) is 23.8. The number of carbonyl (C=O) groups is 1. The van der Waals surface area contributed by atoms with Gasteiger partial charge in [0.2, 0.25) is 0 Å². The molecule has 0 aliphatic carbocycles. The summed E-state index contributed by atoms with van der Waals surface area (Å²) in [4.78, 5) is 18.5. The molecular formula is C27H22ClN3O4S. The van der Waals surface area contributed by atoms with E-state index in [1.807, 2.05) is 53.4 Å². The van der Waals surface area contributed by atoms with Crippen LogP contribution in [0, 0.1) is 0 Å². The molecule has 0 saturated carbocycles. The van der Waals surface area contributed by atoms with E-state index in [9.17, 15) is 4.79 Å². The first-order chi connectivity index (χ1) is 17.5. The molecule has 9 heteroatoms. The molecule has 7 nitrogen and oxygen atoms in total. The number of methoxy groups -OCH3 is 2. The smallest absolute Gasteiger partial charge is 0.337 e. The zero-order valence-corrected chi connectivity index (χ0v) is 21.0. The molecule has 1 fully saturated rings. The lowest BCUT2D eigenvalue weighted by Crippen LogP contribution is -2.29. The third-order valence-electron chi connectivity index (χ3n) is 6.00. The van der Waals surface area contributed by atoms with E-state index in [1.54, 1.807) is 37.6 Å². The predicted octanol–water partition coefficient (Wildman–Crippen LogP) is 5.97. The van der Waals surface area contributed by atoms with Crippen LogP contribution in [0.2, 0.25) is 5.02 Å². The van der Waals surface area contributed by atoms with Gasteiger partial charge in [0.25, 0.3) is 0 Å². The largest absolute Gasteiger partial charge is 0.495 e. The maximum absolute atomic E-state index is 12.0. The molecule has 2 aromatic heterocycles. The van der Waals surface area contributed by atoms with Crippen molar-refractivity contribution >= 4 is 40.6 Å². The normalized spacial score (nSPS) is 17.1. The number of thiocarbonyl (C=S) groups is 1. The summed E-state index contributed by atoms with van der Waals surface area (Å²) in [5.74, 6) is 1.44. The summed E-state index contributed by atoms with van der Waals surface area (Å²) in [6, 6.07) is 21.5. The molecular weight excluding hydrogens is 498 g/mol. The summed E-state index contributed by atoms with van der Waals surface area (Å²) >= 11 is 12.2. The van der Waals surface area contributed by atoms with Gasteiger partial charge in [0, 0.05) is 17.4 Å². The average Bonchev–Trinajstić information content (AvgIpc) is 3.53. The van der Waals surface area contributed by atoms with Gasteiger partial charge in [-0.3, -0.25) is 4.98 Å². The van der Waals surface area contributed by atoms with Gasteiger partial charge >= 0.3 is 5.97 Å². The summed E-state index contributed by atoms with van der Waals surface area (Å²) in [5.41, 5.74) is 2.80. The number of hydrogen-bond acceptors (Lipinski definition) is 6. The summed E-state index contributed by atoms with van der Waals surface area (Å²) in [7, 11) is 2.93.